The third-order valence-corrected chi connectivity index (χ3v) is 4.04. The van der Waals surface area contributed by atoms with Gasteiger partial charge in [-0.1, -0.05) is 0 Å². The molecule has 1 fully saturated rings. The highest BCUT2D eigenvalue weighted by Gasteiger charge is 2.24. The van der Waals surface area contributed by atoms with Crippen molar-refractivity contribution in [2.75, 3.05) is 44.4 Å². The summed E-state index contributed by atoms with van der Waals surface area (Å²) in [5.74, 6) is 1.85. The number of nitrogens with zero attached hydrogens (tertiary/aromatic N) is 5. The van der Waals surface area contributed by atoms with Crippen molar-refractivity contribution in [3.63, 3.8) is 0 Å². The first-order valence-corrected chi connectivity index (χ1v) is 7.12. The van der Waals surface area contributed by atoms with Crippen molar-refractivity contribution in [3.05, 3.63) is 18.6 Å². The van der Waals surface area contributed by atoms with Gasteiger partial charge in [-0.3, -0.25) is 0 Å². The molecule has 0 radical (unpaired) electrons. The summed E-state index contributed by atoms with van der Waals surface area (Å²) in [7, 11) is 6.20. The van der Waals surface area contributed by atoms with Gasteiger partial charge >= 0.3 is 0 Å². The molecule has 0 bridgehead atoms. The van der Waals surface area contributed by atoms with Crippen LogP contribution >= 0.6 is 0 Å². The molecule has 6 heteroatoms. The normalized spacial score (nSPS) is 19.8. The molecule has 1 atom stereocenters. The number of aromatic nitrogens is 3. The monoisotopic (exact) mass is 274 g/mol. The Morgan fingerprint density at radius 1 is 1.40 bits per heavy atom. The van der Waals surface area contributed by atoms with Gasteiger partial charge in [-0.2, -0.15) is 0 Å². The van der Waals surface area contributed by atoms with Crippen molar-refractivity contribution >= 4 is 17.3 Å². The van der Waals surface area contributed by atoms with E-state index >= 15 is 0 Å². The number of hydrogen-bond acceptors (Lipinski definition) is 5. The second-order valence-electron chi connectivity index (χ2n) is 5.56. The first kappa shape index (κ1) is 13.2. The molecular formula is C14H22N6. The standard InChI is InChI=1S/C14H22N6/c1-15-12-10-20-8-6-16-13(20)14(17-12)19-7-4-5-11(9-19)18(2)3/h6,8,10-11,15H,4-5,7,9H2,1-3H3. The van der Waals surface area contributed by atoms with E-state index in [1.165, 1.54) is 12.8 Å². The molecule has 1 saturated heterocycles. The molecule has 1 aliphatic rings. The summed E-state index contributed by atoms with van der Waals surface area (Å²) in [6.45, 7) is 2.06. The minimum absolute atomic E-state index is 0.582. The first-order valence-electron chi connectivity index (χ1n) is 7.12. The molecule has 0 spiro atoms. The maximum absolute atomic E-state index is 4.72. The van der Waals surface area contributed by atoms with E-state index in [9.17, 15) is 0 Å². The molecular weight excluding hydrogens is 252 g/mol. The summed E-state index contributed by atoms with van der Waals surface area (Å²) in [6.07, 6.45) is 8.21. The van der Waals surface area contributed by atoms with Gasteiger partial charge < -0.3 is 19.5 Å². The molecule has 20 heavy (non-hydrogen) atoms. The Bertz CT molecular complexity index is 590. The van der Waals surface area contributed by atoms with E-state index in [0.717, 1.165) is 30.4 Å². The zero-order valence-corrected chi connectivity index (χ0v) is 12.4. The van der Waals surface area contributed by atoms with E-state index in [2.05, 4.69) is 34.2 Å². The van der Waals surface area contributed by atoms with E-state index in [-0.39, 0.29) is 0 Å². The lowest BCUT2D eigenvalue weighted by molar-refractivity contribution is 0.257. The van der Waals surface area contributed by atoms with Crippen molar-refractivity contribution in [2.24, 2.45) is 0 Å². The van der Waals surface area contributed by atoms with Crippen LogP contribution in [0, 0.1) is 0 Å². The average Bonchev–Trinajstić information content (AvgIpc) is 2.94. The Morgan fingerprint density at radius 3 is 3.00 bits per heavy atom. The van der Waals surface area contributed by atoms with Crippen LogP contribution in [0.4, 0.5) is 11.6 Å². The van der Waals surface area contributed by atoms with Crippen molar-refractivity contribution in [2.45, 2.75) is 18.9 Å². The Hall–Kier alpha value is -1.82. The summed E-state index contributed by atoms with van der Waals surface area (Å²) in [5, 5.41) is 3.13. The Morgan fingerprint density at radius 2 is 2.25 bits per heavy atom. The summed E-state index contributed by atoms with van der Waals surface area (Å²) in [4.78, 5) is 13.8. The molecule has 1 N–H and O–H groups in total. The zero-order valence-electron chi connectivity index (χ0n) is 12.4. The fourth-order valence-corrected chi connectivity index (χ4v) is 2.82. The van der Waals surface area contributed by atoms with Gasteiger partial charge in [-0.05, 0) is 26.9 Å². The van der Waals surface area contributed by atoms with Crippen LogP contribution in [0.3, 0.4) is 0 Å². The second kappa shape index (κ2) is 5.28. The molecule has 1 unspecified atom stereocenters. The van der Waals surface area contributed by atoms with E-state index in [4.69, 9.17) is 4.98 Å². The molecule has 6 nitrogen and oxygen atoms in total. The minimum Gasteiger partial charge on any atom is -0.372 e. The predicted molar refractivity (Wildman–Crippen MR) is 81.5 cm³/mol. The fourth-order valence-electron chi connectivity index (χ4n) is 2.82. The smallest absolute Gasteiger partial charge is 0.180 e. The van der Waals surface area contributed by atoms with Crippen molar-refractivity contribution in [3.8, 4) is 0 Å². The molecule has 0 aromatic carbocycles. The maximum atomic E-state index is 4.72. The number of fused-ring (bicyclic) bond motifs is 1. The number of anilines is 2. The number of imidazole rings is 1. The van der Waals surface area contributed by atoms with Crippen LogP contribution in [-0.4, -0.2) is 59.5 Å². The van der Waals surface area contributed by atoms with E-state index < -0.39 is 0 Å². The van der Waals surface area contributed by atoms with Gasteiger partial charge in [0, 0.05) is 38.6 Å². The van der Waals surface area contributed by atoms with Crippen LogP contribution in [0.15, 0.2) is 18.6 Å². The summed E-state index contributed by atoms with van der Waals surface area (Å²) in [6, 6.07) is 0.582. The highest BCUT2D eigenvalue weighted by Crippen LogP contribution is 2.25. The number of rotatable bonds is 3. The summed E-state index contributed by atoms with van der Waals surface area (Å²) < 4.78 is 2.04. The van der Waals surface area contributed by atoms with Gasteiger partial charge in [0.15, 0.2) is 11.5 Å². The van der Waals surface area contributed by atoms with Gasteiger partial charge in [-0.25, -0.2) is 9.97 Å². The average molecular weight is 274 g/mol. The van der Waals surface area contributed by atoms with Crippen LogP contribution in [-0.2, 0) is 0 Å². The second-order valence-corrected chi connectivity index (χ2v) is 5.56. The number of hydrogen-bond donors (Lipinski definition) is 1. The quantitative estimate of drug-likeness (QED) is 0.914. The van der Waals surface area contributed by atoms with Crippen LogP contribution < -0.4 is 10.2 Å². The molecule has 2 aromatic rings. The van der Waals surface area contributed by atoms with Crippen LogP contribution in [0.5, 0.6) is 0 Å². The highest BCUT2D eigenvalue weighted by molar-refractivity contribution is 5.67. The van der Waals surface area contributed by atoms with Crippen molar-refractivity contribution in [1.29, 1.82) is 0 Å². The van der Waals surface area contributed by atoms with Gasteiger partial charge in [-0.15, -0.1) is 0 Å². The first-order chi connectivity index (χ1) is 9.69. The molecule has 1 aliphatic heterocycles. The number of nitrogens with one attached hydrogen (secondary N) is 1. The molecule has 0 amide bonds. The Balaban J connectivity index is 1.98. The SMILES string of the molecule is CNc1cn2ccnc2c(N2CCCC(N(C)C)C2)n1. The topological polar surface area (TPSA) is 48.7 Å². The Labute approximate surface area is 119 Å². The third-order valence-electron chi connectivity index (χ3n) is 4.04. The van der Waals surface area contributed by atoms with Gasteiger partial charge in [0.05, 0.1) is 6.20 Å². The lowest BCUT2D eigenvalue weighted by Gasteiger charge is -2.36. The van der Waals surface area contributed by atoms with Crippen LogP contribution in [0.1, 0.15) is 12.8 Å². The summed E-state index contributed by atoms with van der Waals surface area (Å²) >= 11 is 0. The van der Waals surface area contributed by atoms with Crippen LogP contribution in [0.25, 0.3) is 5.65 Å². The van der Waals surface area contributed by atoms with Crippen LogP contribution in [0.2, 0.25) is 0 Å². The zero-order chi connectivity index (χ0) is 14.1. The van der Waals surface area contributed by atoms with E-state index in [1.54, 1.807) is 0 Å². The van der Waals surface area contributed by atoms with Gasteiger partial charge in [0.25, 0.3) is 0 Å². The molecule has 0 aliphatic carbocycles. The van der Waals surface area contributed by atoms with Gasteiger partial charge in [0.2, 0.25) is 0 Å². The fraction of sp³-hybridized carbons (Fsp3) is 0.571. The predicted octanol–water partition coefficient (Wildman–Crippen LogP) is 1.30. The maximum Gasteiger partial charge on any atom is 0.180 e. The molecule has 108 valence electrons. The van der Waals surface area contributed by atoms with E-state index in [0.29, 0.717) is 6.04 Å². The highest BCUT2D eigenvalue weighted by atomic mass is 15.3. The minimum atomic E-state index is 0.582. The molecule has 3 rings (SSSR count). The number of piperidine rings is 1. The van der Waals surface area contributed by atoms with Crippen molar-refractivity contribution in [1.82, 2.24) is 19.3 Å². The largest absolute Gasteiger partial charge is 0.372 e. The third kappa shape index (κ3) is 2.31. The van der Waals surface area contributed by atoms with Gasteiger partial charge in [0.1, 0.15) is 5.82 Å². The van der Waals surface area contributed by atoms with E-state index in [1.807, 2.05) is 30.0 Å². The van der Waals surface area contributed by atoms with Crippen molar-refractivity contribution < 1.29 is 0 Å². The molecule has 2 aromatic heterocycles. The summed E-state index contributed by atoms with van der Waals surface area (Å²) in [5.41, 5.74) is 0.934. The molecule has 3 heterocycles. The number of likely N-dealkylation sites (N-methyl/N-ethyl adjacent to an activating group) is 1. The lowest BCUT2D eigenvalue weighted by atomic mass is 10.1. The molecule has 0 saturated carbocycles. The lowest BCUT2D eigenvalue weighted by Crippen LogP contribution is -2.45. The Kier molecular flexibility index (Phi) is 3.48.